The van der Waals surface area contributed by atoms with Gasteiger partial charge in [0.25, 0.3) is 5.56 Å². The van der Waals surface area contributed by atoms with E-state index in [-0.39, 0.29) is 23.1 Å². The Hall–Kier alpha value is -3.69. The molecule has 36 heavy (non-hydrogen) atoms. The van der Waals surface area contributed by atoms with Crippen LogP contribution in [0.5, 0.6) is 0 Å². The molecule has 0 spiro atoms. The fourth-order valence-electron chi connectivity index (χ4n) is 4.97. The van der Waals surface area contributed by atoms with Crippen molar-refractivity contribution in [3.05, 3.63) is 62.7 Å². The zero-order valence-corrected chi connectivity index (χ0v) is 20.9. The Morgan fingerprint density at radius 1 is 1.22 bits per heavy atom. The van der Waals surface area contributed by atoms with E-state index in [4.69, 9.17) is 4.74 Å². The van der Waals surface area contributed by atoms with E-state index < -0.39 is 23.0 Å². The monoisotopic (exact) mass is 495 g/mol. The lowest BCUT2D eigenvalue weighted by molar-refractivity contribution is 0.0187. The van der Waals surface area contributed by atoms with Gasteiger partial charge in [0, 0.05) is 48.9 Å². The summed E-state index contributed by atoms with van der Waals surface area (Å²) >= 11 is 0. The fraction of sp³-hybridized carbons (Fsp3) is 0.462. The van der Waals surface area contributed by atoms with E-state index in [9.17, 15) is 18.8 Å². The van der Waals surface area contributed by atoms with Gasteiger partial charge in [-0.15, -0.1) is 0 Å². The lowest BCUT2D eigenvalue weighted by Crippen LogP contribution is -2.43. The molecule has 2 aromatic rings. The van der Waals surface area contributed by atoms with Crippen LogP contribution < -0.4 is 11.0 Å². The molecule has 1 N–H and O–H groups in total. The van der Waals surface area contributed by atoms with Crippen molar-refractivity contribution in [1.82, 2.24) is 19.4 Å². The number of nitrogens with zero attached hydrogens (tertiary/aromatic N) is 4. The number of aromatic amines is 1. The molecule has 0 radical (unpaired) electrons. The number of likely N-dealkylation sites (tertiary alicyclic amines) is 1. The molecule has 1 amide bonds. The molecular weight excluding hydrogens is 465 g/mol. The van der Waals surface area contributed by atoms with Crippen molar-refractivity contribution in [3.8, 4) is 0 Å². The second-order valence-electron chi connectivity index (χ2n) is 10.6. The van der Waals surface area contributed by atoms with E-state index in [1.807, 2.05) is 27.7 Å². The maximum absolute atomic E-state index is 14.6. The minimum Gasteiger partial charge on any atom is -0.444 e. The molecule has 0 aromatic carbocycles. The first-order valence-corrected chi connectivity index (χ1v) is 12.1. The second-order valence-corrected chi connectivity index (χ2v) is 10.6. The number of aromatic nitrogens is 2. The number of carbonyl (C=O) groups excluding carboxylic acids is 1. The SMILES string of the molecule is CC1=NC2C(F)=CC(c3cc(=O)c4c(=O)n(C5CCN(C(=O)OC(C)(C)C)CC5)ccc4[nH]3)=CN2C1. The number of fused-ring (bicyclic) bond motifs is 2. The van der Waals surface area contributed by atoms with Gasteiger partial charge >= 0.3 is 6.09 Å². The number of H-pyrrole nitrogens is 1. The van der Waals surface area contributed by atoms with Crippen LogP contribution in [0.15, 0.2) is 51.0 Å². The van der Waals surface area contributed by atoms with Crippen LogP contribution in [-0.4, -0.2) is 62.6 Å². The number of piperidine rings is 1. The summed E-state index contributed by atoms with van der Waals surface area (Å²) in [5.74, 6) is -0.390. The Morgan fingerprint density at radius 3 is 2.64 bits per heavy atom. The highest BCUT2D eigenvalue weighted by Gasteiger charge is 2.31. The van der Waals surface area contributed by atoms with E-state index in [1.54, 1.807) is 32.8 Å². The number of aliphatic imine (C=N–C) groups is 1. The van der Waals surface area contributed by atoms with Crippen molar-refractivity contribution in [2.75, 3.05) is 19.6 Å². The molecule has 1 atom stereocenters. The number of allylic oxidation sites excluding steroid dienone is 2. The quantitative estimate of drug-likeness (QED) is 0.687. The van der Waals surface area contributed by atoms with Gasteiger partial charge in [0.1, 0.15) is 16.8 Å². The zero-order valence-electron chi connectivity index (χ0n) is 20.9. The van der Waals surface area contributed by atoms with Gasteiger partial charge in [-0.3, -0.25) is 14.6 Å². The summed E-state index contributed by atoms with van der Waals surface area (Å²) in [6.07, 6.45) is 4.99. The molecule has 1 fully saturated rings. The molecule has 2 aromatic heterocycles. The summed E-state index contributed by atoms with van der Waals surface area (Å²) in [7, 11) is 0. The van der Waals surface area contributed by atoms with Crippen LogP contribution in [-0.2, 0) is 4.74 Å². The summed E-state index contributed by atoms with van der Waals surface area (Å²) in [5, 5.41) is 0.0647. The molecule has 5 rings (SSSR count). The van der Waals surface area contributed by atoms with E-state index >= 15 is 0 Å². The molecule has 0 bridgehead atoms. The molecule has 10 heteroatoms. The summed E-state index contributed by atoms with van der Waals surface area (Å²) in [6.45, 7) is 8.77. The second kappa shape index (κ2) is 8.76. The Bertz CT molecular complexity index is 1440. The standard InChI is InChI=1S/C26H30FN5O4/c1-15-13-31-14-16(11-18(27)23(31)28-15)20-12-21(33)22-19(29-20)7-10-32(24(22)34)17-5-8-30(9-6-17)25(35)36-26(2,3)4/h7,10-12,14,17,23H,5-6,8-9,13H2,1-4H3,(H,29,33). The number of nitrogens with one attached hydrogen (secondary N) is 1. The molecule has 190 valence electrons. The van der Waals surface area contributed by atoms with Gasteiger partial charge in [-0.25, -0.2) is 9.18 Å². The van der Waals surface area contributed by atoms with Crippen LogP contribution >= 0.6 is 0 Å². The number of halogens is 1. The Morgan fingerprint density at radius 2 is 1.94 bits per heavy atom. The topological polar surface area (TPSA) is 100 Å². The number of rotatable bonds is 2. The van der Waals surface area contributed by atoms with Gasteiger partial charge < -0.3 is 24.1 Å². The van der Waals surface area contributed by atoms with Crippen LogP contribution in [0.25, 0.3) is 16.5 Å². The van der Waals surface area contributed by atoms with Crippen molar-refractivity contribution < 1.29 is 13.9 Å². The average Bonchev–Trinajstić information content (AvgIpc) is 3.19. The smallest absolute Gasteiger partial charge is 0.410 e. The first kappa shape index (κ1) is 24.0. The molecule has 3 aliphatic rings. The van der Waals surface area contributed by atoms with Crippen LogP contribution in [0.1, 0.15) is 52.3 Å². The number of hydrogen-bond donors (Lipinski definition) is 1. The van der Waals surface area contributed by atoms with Gasteiger partial charge in [0.05, 0.1) is 17.8 Å². The van der Waals surface area contributed by atoms with E-state index in [2.05, 4.69) is 9.98 Å². The van der Waals surface area contributed by atoms with E-state index in [1.165, 1.54) is 12.1 Å². The molecule has 0 aliphatic carbocycles. The van der Waals surface area contributed by atoms with Crippen LogP contribution in [0, 0.1) is 0 Å². The molecule has 9 nitrogen and oxygen atoms in total. The summed E-state index contributed by atoms with van der Waals surface area (Å²) < 4.78 is 21.7. The molecule has 1 unspecified atom stereocenters. The maximum atomic E-state index is 14.6. The van der Waals surface area contributed by atoms with Gasteiger partial charge in [0.15, 0.2) is 11.6 Å². The largest absolute Gasteiger partial charge is 0.444 e. The van der Waals surface area contributed by atoms with E-state index in [0.29, 0.717) is 49.3 Å². The predicted molar refractivity (Wildman–Crippen MR) is 136 cm³/mol. The van der Waals surface area contributed by atoms with Crippen molar-refractivity contribution >= 4 is 28.3 Å². The number of pyridine rings is 2. The highest BCUT2D eigenvalue weighted by molar-refractivity contribution is 5.88. The third kappa shape index (κ3) is 4.47. The van der Waals surface area contributed by atoms with E-state index in [0.717, 1.165) is 5.71 Å². The van der Waals surface area contributed by atoms with Crippen LogP contribution in [0.3, 0.4) is 0 Å². The molecule has 1 saturated heterocycles. The zero-order chi connectivity index (χ0) is 25.8. The predicted octanol–water partition coefficient (Wildman–Crippen LogP) is 3.57. The minimum absolute atomic E-state index is 0.0647. The Balaban J connectivity index is 1.39. The van der Waals surface area contributed by atoms with Crippen LogP contribution in [0.2, 0.25) is 0 Å². The number of carbonyl (C=O) groups is 1. The molecule has 0 saturated carbocycles. The fourth-order valence-corrected chi connectivity index (χ4v) is 4.97. The first-order chi connectivity index (χ1) is 17.0. The van der Waals surface area contributed by atoms with Crippen molar-refractivity contribution in [2.24, 2.45) is 4.99 Å². The summed E-state index contributed by atoms with van der Waals surface area (Å²) in [5.41, 5.74) is 0.830. The number of ether oxygens (including phenoxy) is 1. The van der Waals surface area contributed by atoms with Gasteiger partial charge in [-0.1, -0.05) is 0 Å². The van der Waals surface area contributed by atoms with Crippen molar-refractivity contribution in [2.45, 2.75) is 58.3 Å². The number of amides is 1. The van der Waals surface area contributed by atoms with Gasteiger partial charge in [-0.05, 0) is 52.7 Å². The highest BCUT2D eigenvalue weighted by atomic mass is 19.1. The maximum Gasteiger partial charge on any atom is 0.410 e. The van der Waals surface area contributed by atoms with Crippen molar-refractivity contribution in [1.29, 1.82) is 0 Å². The minimum atomic E-state index is -0.644. The normalized spacial score (nSPS) is 20.7. The molecule has 3 aliphatic heterocycles. The third-order valence-electron chi connectivity index (χ3n) is 6.64. The van der Waals surface area contributed by atoms with Crippen molar-refractivity contribution in [3.63, 3.8) is 0 Å². The first-order valence-electron chi connectivity index (χ1n) is 12.1. The van der Waals surface area contributed by atoms with Gasteiger partial charge in [-0.2, -0.15) is 0 Å². The average molecular weight is 496 g/mol. The lowest BCUT2D eigenvalue weighted by Gasteiger charge is -2.34. The molecular formula is C26H30FN5O4. The molecule has 5 heterocycles. The lowest BCUT2D eigenvalue weighted by atomic mass is 10.0. The Kier molecular flexibility index (Phi) is 5.84. The Labute approximate surface area is 207 Å². The summed E-state index contributed by atoms with van der Waals surface area (Å²) in [4.78, 5) is 49.6. The highest BCUT2D eigenvalue weighted by Crippen LogP contribution is 2.30. The summed E-state index contributed by atoms with van der Waals surface area (Å²) in [6, 6.07) is 2.92. The third-order valence-corrected chi connectivity index (χ3v) is 6.64. The van der Waals surface area contributed by atoms with Crippen LogP contribution in [0.4, 0.5) is 9.18 Å². The van der Waals surface area contributed by atoms with Gasteiger partial charge in [0.2, 0.25) is 0 Å². The number of hydrogen-bond acceptors (Lipinski definition) is 6.